The summed E-state index contributed by atoms with van der Waals surface area (Å²) in [7, 11) is 0. The molecule has 2 aromatic carbocycles. The number of carbonyl (C=O) groups is 5. The smallest absolute Gasteiger partial charge is 0.410 e. The van der Waals surface area contributed by atoms with Gasteiger partial charge in [0, 0.05) is 43.3 Å². The Labute approximate surface area is 361 Å². The second-order valence-electron chi connectivity index (χ2n) is 20.6. The molecule has 0 bridgehead atoms. The van der Waals surface area contributed by atoms with Gasteiger partial charge in [0.1, 0.15) is 28.2 Å². The van der Waals surface area contributed by atoms with Crippen LogP contribution in [0.2, 0.25) is 0 Å². The first-order chi connectivity index (χ1) is 28.2. The van der Waals surface area contributed by atoms with Gasteiger partial charge < -0.3 is 44.1 Å². The van der Waals surface area contributed by atoms with Crippen molar-refractivity contribution in [2.45, 2.75) is 137 Å². The number of anilines is 2. The number of fused-ring (bicyclic) bond motifs is 1. The highest BCUT2D eigenvalue weighted by atomic mass is 16.6. The molecule has 3 aliphatic rings. The van der Waals surface area contributed by atoms with Crippen molar-refractivity contribution in [3.05, 3.63) is 53.6 Å². The summed E-state index contributed by atoms with van der Waals surface area (Å²) < 4.78 is 29.3. The molecular formula is C47H68N4O10. The second kappa shape index (κ2) is 18.5. The molecule has 5 atom stereocenters. The van der Waals surface area contributed by atoms with Crippen LogP contribution in [-0.4, -0.2) is 95.1 Å². The van der Waals surface area contributed by atoms with Gasteiger partial charge >= 0.3 is 30.2 Å². The Morgan fingerprint density at radius 2 is 1.21 bits per heavy atom. The fourth-order valence-corrected chi connectivity index (χ4v) is 8.29. The average Bonchev–Trinajstić information content (AvgIpc) is 3.80. The van der Waals surface area contributed by atoms with Gasteiger partial charge in [0.2, 0.25) is 0 Å². The molecule has 14 heteroatoms. The minimum atomic E-state index is -0.721. The maximum absolute atomic E-state index is 14.1. The molecule has 2 unspecified atom stereocenters. The Kier molecular flexibility index (Phi) is 14.3. The number of rotatable bonds is 9. The van der Waals surface area contributed by atoms with Crippen LogP contribution >= 0.6 is 0 Å². The SMILES string of the molecule is CC(C)(C)OC(=O)C(C1CCOc2c(NC(=O)Nc3cccc(C[C@H](C(=O)OC(C)(C)C)[C@H]4CCN(C(=O)OC(C)(C)C)C4)c3)cccc21)[C@H]1CCN(C(=O)OC(C)(C)C)C1. The molecule has 4 amide bonds. The van der Waals surface area contributed by atoms with Crippen LogP contribution < -0.4 is 15.4 Å². The van der Waals surface area contributed by atoms with Gasteiger partial charge in [-0.25, -0.2) is 14.4 Å². The zero-order chi connectivity index (χ0) is 45.1. The fourth-order valence-electron chi connectivity index (χ4n) is 8.29. The summed E-state index contributed by atoms with van der Waals surface area (Å²) in [4.78, 5) is 70.6. The highest BCUT2D eigenvalue weighted by molar-refractivity contribution is 6.01. The fraction of sp³-hybridized carbons (Fsp3) is 0.638. The van der Waals surface area contributed by atoms with Crippen LogP contribution in [0.25, 0.3) is 0 Å². The van der Waals surface area contributed by atoms with Gasteiger partial charge in [0.05, 0.1) is 24.1 Å². The zero-order valence-corrected chi connectivity index (χ0v) is 38.3. The zero-order valence-electron chi connectivity index (χ0n) is 38.3. The molecule has 14 nitrogen and oxygen atoms in total. The third-order valence-corrected chi connectivity index (χ3v) is 10.7. The van der Waals surface area contributed by atoms with Crippen LogP contribution in [0.4, 0.5) is 25.8 Å². The molecule has 61 heavy (non-hydrogen) atoms. The molecule has 5 rings (SSSR count). The molecule has 2 N–H and O–H groups in total. The Morgan fingerprint density at radius 3 is 1.80 bits per heavy atom. The van der Waals surface area contributed by atoms with Gasteiger partial charge in [-0.2, -0.15) is 0 Å². The number of hydrogen-bond acceptors (Lipinski definition) is 10. The van der Waals surface area contributed by atoms with Crippen LogP contribution in [0.5, 0.6) is 5.75 Å². The molecule has 2 saturated heterocycles. The third-order valence-electron chi connectivity index (χ3n) is 10.7. The number of likely N-dealkylation sites (tertiary alicyclic amines) is 2. The van der Waals surface area contributed by atoms with E-state index in [4.69, 9.17) is 23.7 Å². The molecule has 0 spiro atoms. The van der Waals surface area contributed by atoms with Crippen molar-refractivity contribution >= 4 is 41.5 Å². The summed E-state index contributed by atoms with van der Waals surface area (Å²) in [6.07, 6.45) is 1.31. The van der Waals surface area contributed by atoms with E-state index in [-0.39, 0.29) is 29.7 Å². The quantitative estimate of drug-likeness (QED) is 0.184. The highest BCUT2D eigenvalue weighted by Crippen LogP contribution is 2.47. The number of nitrogens with one attached hydrogen (secondary N) is 2. The Bertz CT molecular complexity index is 1920. The first-order valence-electron chi connectivity index (χ1n) is 21.6. The molecule has 0 saturated carbocycles. The van der Waals surface area contributed by atoms with Crippen LogP contribution in [0.3, 0.4) is 0 Å². The van der Waals surface area contributed by atoms with Crippen molar-refractivity contribution in [2.24, 2.45) is 23.7 Å². The number of urea groups is 1. The van der Waals surface area contributed by atoms with Gasteiger partial charge in [0.15, 0.2) is 0 Å². The largest absolute Gasteiger partial charge is 0.491 e. The number of ether oxygens (including phenoxy) is 5. The van der Waals surface area contributed by atoms with E-state index in [0.29, 0.717) is 75.6 Å². The minimum absolute atomic E-state index is 0.150. The first kappa shape index (κ1) is 47.0. The first-order valence-corrected chi connectivity index (χ1v) is 21.6. The lowest BCUT2D eigenvalue weighted by Gasteiger charge is -2.36. The molecular weight excluding hydrogens is 781 g/mol. The van der Waals surface area contributed by atoms with E-state index in [9.17, 15) is 24.0 Å². The highest BCUT2D eigenvalue weighted by Gasteiger charge is 2.45. The number of carbonyl (C=O) groups excluding carboxylic acids is 5. The van der Waals surface area contributed by atoms with Gasteiger partial charge in [-0.1, -0.05) is 24.3 Å². The topological polar surface area (TPSA) is 162 Å². The van der Waals surface area contributed by atoms with Crippen LogP contribution in [0.15, 0.2) is 42.5 Å². The third kappa shape index (κ3) is 13.5. The molecule has 3 aliphatic heterocycles. The van der Waals surface area contributed by atoms with Gasteiger partial charge in [-0.3, -0.25) is 9.59 Å². The predicted octanol–water partition coefficient (Wildman–Crippen LogP) is 9.17. The van der Waals surface area contributed by atoms with E-state index in [1.54, 1.807) is 21.9 Å². The molecule has 3 heterocycles. The Morgan fingerprint density at radius 1 is 0.672 bits per heavy atom. The maximum atomic E-state index is 14.1. The summed E-state index contributed by atoms with van der Waals surface area (Å²) >= 11 is 0. The number of nitrogens with zero attached hydrogens (tertiary/aromatic N) is 2. The van der Waals surface area contributed by atoms with Crippen molar-refractivity contribution in [1.29, 1.82) is 0 Å². The lowest BCUT2D eigenvalue weighted by atomic mass is 9.74. The van der Waals surface area contributed by atoms with Crippen LogP contribution in [0, 0.1) is 23.7 Å². The molecule has 0 aliphatic carbocycles. The lowest BCUT2D eigenvalue weighted by Crippen LogP contribution is -2.40. The summed E-state index contributed by atoms with van der Waals surface area (Å²) in [5, 5.41) is 5.89. The van der Waals surface area contributed by atoms with E-state index in [0.717, 1.165) is 11.1 Å². The summed E-state index contributed by atoms with van der Waals surface area (Å²) in [6.45, 7) is 24.0. The maximum Gasteiger partial charge on any atom is 0.410 e. The summed E-state index contributed by atoms with van der Waals surface area (Å²) in [6, 6.07) is 12.3. The van der Waals surface area contributed by atoms with Crippen LogP contribution in [-0.2, 0) is 35.0 Å². The normalized spacial score (nSPS) is 20.4. The van der Waals surface area contributed by atoms with E-state index >= 15 is 0 Å². The lowest BCUT2D eigenvalue weighted by molar-refractivity contribution is -0.164. The number of benzene rings is 2. The molecule has 2 fully saturated rings. The van der Waals surface area contributed by atoms with Gasteiger partial charge in [-0.15, -0.1) is 0 Å². The number of esters is 2. The Hall–Kier alpha value is -5.01. The monoisotopic (exact) mass is 848 g/mol. The number of para-hydroxylation sites is 1. The number of hydrogen-bond donors (Lipinski definition) is 2. The molecule has 0 aromatic heterocycles. The standard InChI is InChI=1S/C47H68N4O10/c1-44(2,3)58-39(52)35(30-19-22-50(27-30)42(55)60-46(7,8)9)26-29-15-13-16-32(25-29)48-41(54)49-36-18-14-17-34-33(21-24-57-38(34)36)37(40(53)59-45(4,5)6)31-20-23-51(28-31)43(56)61-47(10,11)12/h13-18,25,30-31,33,35,37H,19-24,26-28H2,1-12H3,(H2,48,49,54)/t30-,31-,33?,35-,37?/m0/s1. The van der Waals surface area contributed by atoms with Crippen molar-refractivity contribution in [2.75, 3.05) is 43.4 Å². The van der Waals surface area contributed by atoms with E-state index in [1.165, 1.54) is 0 Å². The van der Waals surface area contributed by atoms with Crippen molar-refractivity contribution in [3.8, 4) is 5.75 Å². The summed E-state index contributed by atoms with van der Waals surface area (Å²) in [5.74, 6) is -1.93. The van der Waals surface area contributed by atoms with E-state index in [2.05, 4.69) is 10.6 Å². The van der Waals surface area contributed by atoms with Crippen molar-refractivity contribution in [3.63, 3.8) is 0 Å². The van der Waals surface area contributed by atoms with Gasteiger partial charge in [-0.05, 0) is 144 Å². The molecule has 0 radical (unpaired) electrons. The van der Waals surface area contributed by atoms with E-state index < -0.39 is 52.5 Å². The summed E-state index contributed by atoms with van der Waals surface area (Å²) in [5.41, 5.74) is -0.138. The second-order valence-corrected chi connectivity index (χ2v) is 20.6. The Balaban J connectivity index is 1.32. The van der Waals surface area contributed by atoms with E-state index in [1.807, 2.05) is 113 Å². The minimum Gasteiger partial charge on any atom is -0.491 e. The molecule has 2 aromatic rings. The predicted molar refractivity (Wildman–Crippen MR) is 233 cm³/mol. The van der Waals surface area contributed by atoms with Crippen molar-refractivity contribution in [1.82, 2.24) is 9.80 Å². The average molecular weight is 849 g/mol. The van der Waals surface area contributed by atoms with Crippen molar-refractivity contribution < 1.29 is 47.7 Å². The molecule has 336 valence electrons. The van der Waals surface area contributed by atoms with Gasteiger partial charge in [0.25, 0.3) is 0 Å². The number of amides is 4. The van der Waals surface area contributed by atoms with Crippen LogP contribution in [0.1, 0.15) is 119 Å².